The number of esters is 1. The van der Waals surface area contributed by atoms with Gasteiger partial charge in [-0.2, -0.15) is 0 Å². The predicted octanol–water partition coefficient (Wildman–Crippen LogP) is 1.27. The SMILES string of the molecule is COC(=O)C1=C2CCCC2C(CO)C1. The second-order valence-electron chi connectivity index (χ2n) is 4.14. The molecule has 0 aromatic carbocycles. The van der Waals surface area contributed by atoms with Gasteiger partial charge in [0.25, 0.3) is 0 Å². The highest BCUT2D eigenvalue weighted by Gasteiger charge is 2.39. The summed E-state index contributed by atoms with van der Waals surface area (Å²) in [5.41, 5.74) is 2.10. The van der Waals surface area contributed by atoms with E-state index in [0.717, 1.165) is 24.8 Å². The maximum Gasteiger partial charge on any atom is 0.333 e. The van der Waals surface area contributed by atoms with Crippen LogP contribution in [-0.4, -0.2) is 24.8 Å². The third kappa shape index (κ3) is 1.36. The number of allylic oxidation sites excluding steroid dienone is 1. The van der Waals surface area contributed by atoms with Gasteiger partial charge in [-0.3, -0.25) is 0 Å². The first kappa shape index (κ1) is 9.71. The molecule has 0 aromatic rings. The molecule has 0 saturated heterocycles. The van der Waals surface area contributed by atoms with Crippen LogP contribution in [0.1, 0.15) is 25.7 Å². The smallest absolute Gasteiger partial charge is 0.333 e. The zero-order valence-corrected chi connectivity index (χ0v) is 8.45. The molecule has 2 aliphatic carbocycles. The fraction of sp³-hybridized carbons (Fsp3) is 0.727. The monoisotopic (exact) mass is 196 g/mol. The van der Waals surface area contributed by atoms with Crippen molar-refractivity contribution >= 4 is 5.97 Å². The van der Waals surface area contributed by atoms with E-state index in [1.807, 2.05) is 0 Å². The third-order valence-electron chi connectivity index (χ3n) is 3.50. The lowest BCUT2D eigenvalue weighted by atomic mass is 9.93. The zero-order valence-electron chi connectivity index (χ0n) is 8.45. The van der Waals surface area contributed by atoms with Gasteiger partial charge in [-0.1, -0.05) is 5.57 Å². The molecule has 3 nitrogen and oxygen atoms in total. The number of aliphatic hydroxyl groups excluding tert-OH is 1. The Labute approximate surface area is 83.8 Å². The van der Waals surface area contributed by atoms with E-state index in [9.17, 15) is 9.90 Å². The number of aliphatic hydroxyl groups is 1. The van der Waals surface area contributed by atoms with E-state index >= 15 is 0 Å². The molecule has 3 heteroatoms. The van der Waals surface area contributed by atoms with E-state index < -0.39 is 0 Å². The van der Waals surface area contributed by atoms with E-state index in [1.165, 1.54) is 12.7 Å². The van der Waals surface area contributed by atoms with Crippen molar-refractivity contribution in [1.29, 1.82) is 0 Å². The molecule has 2 aliphatic rings. The van der Waals surface area contributed by atoms with Gasteiger partial charge in [0, 0.05) is 12.2 Å². The number of rotatable bonds is 2. The predicted molar refractivity (Wildman–Crippen MR) is 51.6 cm³/mol. The number of hydrogen-bond acceptors (Lipinski definition) is 3. The van der Waals surface area contributed by atoms with Crippen LogP contribution in [0.4, 0.5) is 0 Å². The van der Waals surface area contributed by atoms with Gasteiger partial charge in [0.1, 0.15) is 0 Å². The van der Waals surface area contributed by atoms with Gasteiger partial charge in [0.05, 0.1) is 7.11 Å². The number of ether oxygens (including phenoxy) is 1. The first-order valence-electron chi connectivity index (χ1n) is 5.19. The Morgan fingerprint density at radius 1 is 1.64 bits per heavy atom. The van der Waals surface area contributed by atoms with Crippen molar-refractivity contribution in [3.05, 3.63) is 11.1 Å². The molecule has 0 aromatic heterocycles. The lowest BCUT2D eigenvalue weighted by molar-refractivity contribution is -0.136. The van der Waals surface area contributed by atoms with Crippen LogP contribution in [0.3, 0.4) is 0 Å². The third-order valence-corrected chi connectivity index (χ3v) is 3.50. The van der Waals surface area contributed by atoms with Gasteiger partial charge in [-0.25, -0.2) is 4.79 Å². The number of carbonyl (C=O) groups is 1. The normalized spacial score (nSPS) is 30.7. The van der Waals surface area contributed by atoms with Crippen LogP contribution in [-0.2, 0) is 9.53 Å². The van der Waals surface area contributed by atoms with Crippen molar-refractivity contribution in [3.63, 3.8) is 0 Å². The second-order valence-corrected chi connectivity index (χ2v) is 4.14. The lowest BCUT2D eigenvalue weighted by Gasteiger charge is -2.13. The Bertz CT molecular complexity index is 280. The molecule has 14 heavy (non-hydrogen) atoms. The zero-order chi connectivity index (χ0) is 10.1. The van der Waals surface area contributed by atoms with Gasteiger partial charge in [0.2, 0.25) is 0 Å². The highest BCUT2D eigenvalue weighted by atomic mass is 16.5. The highest BCUT2D eigenvalue weighted by molar-refractivity contribution is 5.90. The van der Waals surface area contributed by atoms with Crippen LogP contribution in [0.2, 0.25) is 0 Å². The Balaban J connectivity index is 2.23. The van der Waals surface area contributed by atoms with Gasteiger partial charge < -0.3 is 9.84 Å². The van der Waals surface area contributed by atoms with E-state index in [-0.39, 0.29) is 18.5 Å². The Hall–Kier alpha value is -0.830. The summed E-state index contributed by atoms with van der Waals surface area (Å²) in [5, 5.41) is 9.21. The molecule has 1 N–H and O–H groups in total. The highest BCUT2D eigenvalue weighted by Crippen LogP contribution is 2.47. The Morgan fingerprint density at radius 3 is 3.07 bits per heavy atom. The molecule has 0 spiro atoms. The number of carbonyl (C=O) groups excluding carboxylic acids is 1. The number of hydrogen-bond donors (Lipinski definition) is 1. The molecular formula is C11H16O3. The molecule has 0 aliphatic heterocycles. The Morgan fingerprint density at radius 2 is 2.43 bits per heavy atom. The summed E-state index contributed by atoms with van der Waals surface area (Å²) in [4.78, 5) is 11.5. The summed E-state index contributed by atoms with van der Waals surface area (Å²) in [6.07, 6.45) is 4.01. The topological polar surface area (TPSA) is 46.5 Å². The molecule has 0 amide bonds. The largest absolute Gasteiger partial charge is 0.466 e. The molecule has 78 valence electrons. The van der Waals surface area contributed by atoms with Crippen LogP contribution in [0, 0.1) is 11.8 Å². The maximum atomic E-state index is 11.5. The minimum Gasteiger partial charge on any atom is -0.466 e. The first-order chi connectivity index (χ1) is 6.77. The van der Waals surface area contributed by atoms with Crippen molar-refractivity contribution in [1.82, 2.24) is 0 Å². The Kier molecular flexibility index (Phi) is 2.59. The summed E-state index contributed by atoms with van der Waals surface area (Å²) in [7, 11) is 1.42. The molecule has 0 heterocycles. The van der Waals surface area contributed by atoms with Gasteiger partial charge >= 0.3 is 5.97 Å². The van der Waals surface area contributed by atoms with Crippen molar-refractivity contribution in [2.75, 3.05) is 13.7 Å². The van der Waals surface area contributed by atoms with Crippen molar-refractivity contribution in [2.45, 2.75) is 25.7 Å². The molecule has 2 unspecified atom stereocenters. The minimum atomic E-state index is -0.192. The molecular weight excluding hydrogens is 180 g/mol. The van der Waals surface area contributed by atoms with E-state index in [4.69, 9.17) is 4.74 Å². The summed E-state index contributed by atoms with van der Waals surface area (Å²) >= 11 is 0. The maximum absolute atomic E-state index is 11.5. The van der Waals surface area contributed by atoms with Gasteiger partial charge in [-0.15, -0.1) is 0 Å². The first-order valence-corrected chi connectivity index (χ1v) is 5.19. The summed E-state index contributed by atoms with van der Waals surface area (Å²) in [6.45, 7) is 0.189. The summed E-state index contributed by atoms with van der Waals surface area (Å²) < 4.78 is 4.76. The summed E-state index contributed by atoms with van der Waals surface area (Å²) in [6, 6.07) is 0. The van der Waals surface area contributed by atoms with Crippen molar-refractivity contribution < 1.29 is 14.6 Å². The number of fused-ring (bicyclic) bond motifs is 1. The lowest BCUT2D eigenvalue weighted by Crippen LogP contribution is -2.12. The molecule has 2 rings (SSSR count). The van der Waals surface area contributed by atoms with Crippen LogP contribution >= 0.6 is 0 Å². The molecule has 1 saturated carbocycles. The van der Waals surface area contributed by atoms with Gasteiger partial charge in [-0.05, 0) is 37.5 Å². The average Bonchev–Trinajstić information content (AvgIpc) is 2.76. The second kappa shape index (κ2) is 3.73. The minimum absolute atomic E-state index is 0.189. The van der Waals surface area contributed by atoms with Crippen molar-refractivity contribution in [2.24, 2.45) is 11.8 Å². The summed E-state index contributed by atoms with van der Waals surface area (Å²) in [5.74, 6) is 0.526. The van der Waals surface area contributed by atoms with E-state index in [0.29, 0.717) is 12.3 Å². The number of methoxy groups -OCH3 is 1. The quantitative estimate of drug-likeness (QED) is 0.676. The van der Waals surface area contributed by atoms with E-state index in [1.54, 1.807) is 0 Å². The average molecular weight is 196 g/mol. The van der Waals surface area contributed by atoms with Crippen LogP contribution in [0.5, 0.6) is 0 Å². The van der Waals surface area contributed by atoms with Crippen LogP contribution < -0.4 is 0 Å². The standard InChI is InChI=1S/C11H16O3/c1-14-11(13)10-5-7(6-12)8-3-2-4-9(8)10/h7-8,12H,2-6H2,1H3. The molecule has 1 fully saturated rings. The van der Waals surface area contributed by atoms with Crippen LogP contribution in [0.25, 0.3) is 0 Å². The molecule has 0 radical (unpaired) electrons. The fourth-order valence-electron chi connectivity index (χ4n) is 2.83. The van der Waals surface area contributed by atoms with Crippen LogP contribution in [0.15, 0.2) is 11.1 Å². The molecule has 0 bridgehead atoms. The van der Waals surface area contributed by atoms with E-state index in [2.05, 4.69) is 0 Å². The fourth-order valence-corrected chi connectivity index (χ4v) is 2.83. The molecule has 2 atom stereocenters. The van der Waals surface area contributed by atoms with Gasteiger partial charge in [0.15, 0.2) is 0 Å². The van der Waals surface area contributed by atoms with Crippen molar-refractivity contribution in [3.8, 4) is 0 Å².